The molecule has 0 saturated carbocycles. The van der Waals surface area contributed by atoms with Gasteiger partial charge in [0, 0.05) is 5.56 Å². The molecule has 2 rings (SSSR count). The molecule has 0 aliphatic heterocycles. The zero-order valence-corrected chi connectivity index (χ0v) is 9.57. The summed E-state index contributed by atoms with van der Waals surface area (Å²) >= 11 is 0. The third kappa shape index (κ3) is 2.96. The minimum absolute atomic E-state index is 0.147. The first-order valence-corrected chi connectivity index (χ1v) is 5.34. The van der Waals surface area contributed by atoms with E-state index in [1.807, 2.05) is 0 Å². The van der Waals surface area contributed by atoms with Gasteiger partial charge >= 0.3 is 11.9 Å². The normalized spacial score (nSPS) is 11.5. The van der Waals surface area contributed by atoms with Crippen LogP contribution in [0.15, 0.2) is 40.8 Å². The van der Waals surface area contributed by atoms with Crippen LogP contribution in [-0.4, -0.2) is 17.0 Å². The fraction of sp³-hybridized carbons (Fsp3) is 0.154. The predicted octanol–water partition coefficient (Wildman–Crippen LogP) is 3.35. The molecule has 0 saturated heterocycles. The maximum Gasteiger partial charge on any atom is 0.375 e. The summed E-state index contributed by atoms with van der Waals surface area (Å²) in [4.78, 5) is 10.3. The van der Waals surface area contributed by atoms with Gasteiger partial charge < -0.3 is 9.52 Å². The zero-order chi connectivity index (χ0) is 14.0. The molecular formula is C13H9F3O3. The summed E-state index contributed by atoms with van der Waals surface area (Å²) in [6.45, 7) is 0. The number of alkyl halides is 2. The highest BCUT2D eigenvalue weighted by Gasteiger charge is 2.40. The summed E-state index contributed by atoms with van der Waals surface area (Å²) in [5.74, 6) is -6.37. The smallest absolute Gasteiger partial charge is 0.375 e. The van der Waals surface area contributed by atoms with E-state index in [4.69, 9.17) is 9.52 Å². The molecule has 1 aromatic heterocycles. The Kier molecular flexibility index (Phi) is 3.33. The van der Waals surface area contributed by atoms with E-state index < -0.39 is 24.1 Å². The Morgan fingerprint density at radius 3 is 2.37 bits per heavy atom. The number of hydrogen-bond donors (Lipinski definition) is 1. The van der Waals surface area contributed by atoms with Crippen molar-refractivity contribution >= 4 is 5.97 Å². The standard InChI is InChI=1S/C13H9F3O3/c14-9-3-1-8(2-4-9)11-6-5-10(19-11)7-13(15,16)12(17)18/h1-6H,7H2,(H,17,18). The van der Waals surface area contributed by atoms with Crippen LogP contribution in [0.2, 0.25) is 0 Å². The Morgan fingerprint density at radius 2 is 1.79 bits per heavy atom. The van der Waals surface area contributed by atoms with E-state index in [-0.39, 0.29) is 11.5 Å². The summed E-state index contributed by atoms with van der Waals surface area (Å²) in [5.41, 5.74) is 0.520. The van der Waals surface area contributed by atoms with Crippen LogP contribution >= 0.6 is 0 Å². The summed E-state index contributed by atoms with van der Waals surface area (Å²) in [6, 6.07) is 8.00. The minimum atomic E-state index is -3.88. The molecule has 0 radical (unpaired) electrons. The number of carbonyl (C=O) groups is 1. The second-order valence-corrected chi connectivity index (χ2v) is 3.96. The van der Waals surface area contributed by atoms with Gasteiger partial charge in [0.05, 0.1) is 6.42 Å². The zero-order valence-electron chi connectivity index (χ0n) is 9.57. The highest BCUT2D eigenvalue weighted by Crippen LogP contribution is 2.26. The average molecular weight is 270 g/mol. The van der Waals surface area contributed by atoms with Gasteiger partial charge in [-0.1, -0.05) is 0 Å². The van der Waals surface area contributed by atoms with Crippen LogP contribution < -0.4 is 0 Å². The highest BCUT2D eigenvalue weighted by molar-refractivity contribution is 5.75. The van der Waals surface area contributed by atoms with Crippen molar-refractivity contribution in [2.75, 3.05) is 0 Å². The molecule has 19 heavy (non-hydrogen) atoms. The number of furan rings is 1. The maximum atomic E-state index is 13.0. The van der Waals surface area contributed by atoms with E-state index in [1.54, 1.807) is 0 Å². The quantitative estimate of drug-likeness (QED) is 0.926. The molecule has 1 aromatic carbocycles. The Morgan fingerprint density at radius 1 is 1.16 bits per heavy atom. The first-order chi connectivity index (χ1) is 8.88. The molecule has 0 spiro atoms. The van der Waals surface area contributed by atoms with Gasteiger partial charge in [0.15, 0.2) is 0 Å². The van der Waals surface area contributed by atoms with Crippen molar-refractivity contribution in [2.24, 2.45) is 0 Å². The van der Waals surface area contributed by atoms with Crippen molar-refractivity contribution in [2.45, 2.75) is 12.3 Å². The lowest BCUT2D eigenvalue weighted by Gasteiger charge is -2.08. The lowest BCUT2D eigenvalue weighted by Crippen LogP contribution is -2.30. The Labute approximate surface area is 106 Å². The molecule has 0 fully saturated rings. The molecule has 0 bridgehead atoms. The number of hydrogen-bond acceptors (Lipinski definition) is 2. The van der Waals surface area contributed by atoms with Crippen molar-refractivity contribution in [3.63, 3.8) is 0 Å². The molecule has 6 heteroatoms. The van der Waals surface area contributed by atoms with Crippen LogP contribution in [0.1, 0.15) is 5.76 Å². The van der Waals surface area contributed by atoms with Gasteiger partial charge in [0.25, 0.3) is 0 Å². The van der Waals surface area contributed by atoms with Crippen molar-refractivity contribution in [3.05, 3.63) is 48.0 Å². The first-order valence-electron chi connectivity index (χ1n) is 5.34. The average Bonchev–Trinajstić information content (AvgIpc) is 2.77. The van der Waals surface area contributed by atoms with Crippen molar-refractivity contribution < 1.29 is 27.5 Å². The van der Waals surface area contributed by atoms with Crippen molar-refractivity contribution in [1.29, 1.82) is 0 Å². The second kappa shape index (κ2) is 4.79. The van der Waals surface area contributed by atoms with Crippen LogP contribution in [0, 0.1) is 5.82 Å². The van der Waals surface area contributed by atoms with Gasteiger partial charge in [0.2, 0.25) is 0 Å². The van der Waals surface area contributed by atoms with Crippen LogP contribution in [0.5, 0.6) is 0 Å². The molecule has 0 aliphatic rings. The van der Waals surface area contributed by atoms with Gasteiger partial charge in [-0.25, -0.2) is 9.18 Å². The summed E-state index contributed by atoms with van der Waals surface area (Å²) < 4.78 is 43.8. The second-order valence-electron chi connectivity index (χ2n) is 3.96. The summed E-state index contributed by atoms with van der Waals surface area (Å²) in [5, 5.41) is 8.32. The van der Waals surface area contributed by atoms with Gasteiger partial charge in [-0.2, -0.15) is 8.78 Å². The fourth-order valence-corrected chi connectivity index (χ4v) is 1.54. The van der Waals surface area contributed by atoms with E-state index in [9.17, 15) is 18.0 Å². The number of carboxylic acids is 1. The number of halogens is 3. The third-order valence-corrected chi connectivity index (χ3v) is 2.50. The molecule has 2 aromatic rings. The van der Waals surface area contributed by atoms with E-state index in [0.717, 1.165) is 0 Å². The number of rotatable bonds is 4. The number of carboxylic acid groups (broad SMARTS) is 1. The van der Waals surface area contributed by atoms with Gasteiger partial charge in [-0.15, -0.1) is 0 Å². The molecule has 0 unspecified atom stereocenters. The summed E-state index contributed by atoms with van der Waals surface area (Å²) in [6.07, 6.45) is -1.02. The molecular weight excluding hydrogens is 261 g/mol. The molecule has 1 heterocycles. The monoisotopic (exact) mass is 270 g/mol. The van der Waals surface area contributed by atoms with Gasteiger partial charge in [-0.3, -0.25) is 0 Å². The van der Waals surface area contributed by atoms with Crippen LogP contribution in [0.4, 0.5) is 13.2 Å². The lowest BCUT2D eigenvalue weighted by molar-refractivity contribution is -0.164. The number of aliphatic carboxylic acids is 1. The number of benzene rings is 1. The van der Waals surface area contributed by atoms with E-state index in [0.29, 0.717) is 5.56 Å². The topological polar surface area (TPSA) is 50.4 Å². The Hall–Kier alpha value is -2.24. The summed E-state index contributed by atoms with van der Waals surface area (Å²) in [7, 11) is 0. The largest absolute Gasteiger partial charge is 0.477 e. The van der Waals surface area contributed by atoms with Crippen LogP contribution in [0.25, 0.3) is 11.3 Å². The molecule has 0 aliphatic carbocycles. The van der Waals surface area contributed by atoms with Gasteiger partial charge in [0.1, 0.15) is 17.3 Å². The predicted molar refractivity (Wildman–Crippen MR) is 60.4 cm³/mol. The molecule has 1 N–H and O–H groups in total. The Bertz CT molecular complexity index is 587. The lowest BCUT2D eigenvalue weighted by atomic mass is 10.2. The minimum Gasteiger partial charge on any atom is -0.477 e. The molecule has 3 nitrogen and oxygen atoms in total. The van der Waals surface area contributed by atoms with Gasteiger partial charge in [-0.05, 0) is 36.4 Å². The maximum absolute atomic E-state index is 13.0. The van der Waals surface area contributed by atoms with E-state index >= 15 is 0 Å². The fourth-order valence-electron chi connectivity index (χ4n) is 1.54. The van der Waals surface area contributed by atoms with Crippen LogP contribution in [0.3, 0.4) is 0 Å². The van der Waals surface area contributed by atoms with Crippen LogP contribution in [-0.2, 0) is 11.2 Å². The van der Waals surface area contributed by atoms with E-state index in [1.165, 1.54) is 36.4 Å². The molecule has 100 valence electrons. The third-order valence-electron chi connectivity index (χ3n) is 2.50. The highest BCUT2D eigenvalue weighted by atomic mass is 19.3. The van der Waals surface area contributed by atoms with E-state index in [2.05, 4.69) is 0 Å². The van der Waals surface area contributed by atoms with Crippen molar-refractivity contribution in [1.82, 2.24) is 0 Å². The SMILES string of the molecule is O=C(O)C(F)(F)Cc1ccc(-c2ccc(F)cc2)o1. The van der Waals surface area contributed by atoms with Crippen molar-refractivity contribution in [3.8, 4) is 11.3 Å². The Balaban J connectivity index is 2.20. The molecule has 0 amide bonds. The first kappa shape index (κ1) is 13.2. The molecule has 0 atom stereocenters.